The van der Waals surface area contributed by atoms with Crippen LogP contribution in [0.1, 0.15) is 31.1 Å². The Balaban J connectivity index is 1.47. The van der Waals surface area contributed by atoms with Gasteiger partial charge in [0, 0.05) is 17.0 Å². The number of aromatic nitrogens is 2. The van der Waals surface area contributed by atoms with Crippen LogP contribution in [0.15, 0.2) is 80.7 Å². The van der Waals surface area contributed by atoms with Crippen LogP contribution in [-0.4, -0.2) is 38.0 Å². The normalized spacial score (nSPS) is 11.7. The van der Waals surface area contributed by atoms with Crippen LogP contribution in [-0.2, 0) is 24.4 Å². The van der Waals surface area contributed by atoms with Crippen molar-refractivity contribution in [3.63, 3.8) is 0 Å². The predicted molar refractivity (Wildman–Crippen MR) is 132 cm³/mol. The first-order valence-electron chi connectivity index (χ1n) is 11.1. The first kappa shape index (κ1) is 24.6. The molecule has 0 unspecified atom stereocenters. The van der Waals surface area contributed by atoms with Crippen molar-refractivity contribution in [2.45, 2.75) is 43.1 Å². The molecule has 0 fully saturated rings. The van der Waals surface area contributed by atoms with Gasteiger partial charge in [0.25, 0.3) is 0 Å². The zero-order chi connectivity index (χ0) is 24.8. The standard InChI is InChI=1S/C26H27N3O5S/c1-26(2,25(30)31)35-22-12-6-18(7-13-22)15-29(16-21-5-4-14-33-21)17-23-27-28-24(34-23)19-8-10-20(32-3)11-9-19/h4-14H,15-17H2,1-3H3,(H,30,31). The largest absolute Gasteiger partial charge is 0.497 e. The fraction of sp³-hybridized carbons (Fsp3) is 0.269. The summed E-state index contributed by atoms with van der Waals surface area (Å²) >= 11 is 1.32. The summed E-state index contributed by atoms with van der Waals surface area (Å²) in [6.45, 7) is 5.02. The van der Waals surface area contributed by atoms with Gasteiger partial charge in [-0.15, -0.1) is 22.0 Å². The molecule has 0 amide bonds. The Morgan fingerprint density at radius 3 is 2.40 bits per heavy atom. The highest BCUT2D eigenvalue weighted by atomic mass is 32.2. The van der Waals surface area contributed by atoms with Gasteiger partial charge in [0.2, 0.25) is 11.8 Å². The van der Waals surface area contributed by atoms with Crippen LogP contribution < -0.4 is 4.74 Å². The van der Waals surface area contributed by atoms with Crippen LogP contribution in [0.2, 0.25) is 0 Å². The minimum absolute atomic E-state index is 0.437. The van der Waals surface area contributed by atoms with E-state index in [1.54, 1.807) is 27.2 Å². The molecule has 182 valence electrons. The van der Waals surface area contributed by atoms with Gasteiger partial charge in [0.05, 0.1) is 26.5 Å². The zero-order valence-corrected chi connectivity index (χ0v) is 20.6. The Morgan fingerprint density at radius 2 is 1.77 bits per heavy atom. The van der Waals surface area contributed by atoms with Crippen LogP contribution in [0.3, 0.4) is 0 Å². The molecule has 0 atom stereocenters. The van der Waals surface area contributed by atoms with E-state index in [0.717, 1.165) is 27.5 Å². The number of furan rings is 1. The number of methoxy groups -OCH3 is 1. The maximum absolute atomic E-state index is 11.4. The van der Waals surface area contributed by atoms with Crippen LogP contribution in [0.5, 0.6) is 5.75 Å². The molecule has 4 rings (SSSR count). The Labute approximate surface area is 207 Å². The van der Waals surface area contributed by atoms with Gasteiger partial charge >= 0.3 is 5.97 Å². The van der Waals surface area contributed by atoms with E-state index < -0.39 is 10.7 Å². The summed E-state index contributed by atoms with van der Waals surface area (Å²) in [6, 6.07) is 19.1. The zero-order valence-electron chi connectivity index (χ0n) is 19.8. The first-order valence-corrected chi connectivity index (χ1v) is 11.9. The number of aliphatic carboxylic acids is 1. The maximum Gasteiger partial charge on any atom is 0.319 e. The van der Waals surface area contributed by atoms with Crippen molar-refractivity contribution in [2.24, 2.45) is 0 Å². The van der Waals surface area contributed by atoms with Crippen molar-refractivity contribution in [3.8, 4) is 17.2 Å². The third-order valence-corrected chi connectivity index (χ3v) is 6.53. The molecule has 2 aromatic heterocycles. The molecule has 1 N–H and O–H groups in total. The lowest BCUT2D eigenvalue weighted by Crippen LogP contribution is -2.26. The summed E-state index contributed by atoms with van der Waals surface area (Å²) in [5.74, 6) is 1.69. The van der Waals surface area contributed by atoms with Gasteiger partial charge in [0.1, 0.15) is 16.3 Å². The van der Waals surface area contributed by atoms with E-state index in [2.05, 4.69) is 15.1 Å². The predicted octanol–water partition coefficient (Wildman–Crippen LogP) is 5.50. The average molecular weight is 494 g/mol. The smallest absolute Gasteiger partial charge is 0.319 e. The lowest BCUT2D eigenvalue weighted by atomic mass is 10.2. The average Bonchev–Trinajstić information content (AvgIpc) is 3.52. The summed E-state index contributed by atoms with van der Waals surface area (Å²) < 4.78 is 15.8. The Hall–Kier alpha value is -3.56. The summed E-state index contributed by atoms with van der Waals surface area (Å²) in [4.78, 5) is 14.5. The molecular weight excluding hydrogens is 466 g/mol. The van der Waals surface area contributed by atoms with Crippen molar-refractivity contribution in [3.05, 3.63) is 84.1 Å². The summed E-state index contributed by atoms with van der Waals surface area (Å²) in [7, 11) is 1.62. The minimum atomic E-state index is -0.896. The number of carboxylic acid groups (broad SMARTS) is 1. The fourth-order valence-corrected chi connectivity index (χ4v) is 4.36. The molecule has 0 bridgehead atoms. The van der Waals surface area contributed by atoms with Crippen LogP contribution in [0, 0.1) is 0 Å². The van der Waals surface area contributed by atoms with Gasteiger partial charge in [-0.05, 0) is 67.9 Å². The lowest BCUT2D eigenvalue weighted by Gasteiger charge is -2.21. The van der Waals surface area contributed by atoms with E-state index in [1.165, 1.54) is 11.8 Å². The molecule has 0 aliphatic carbocycles. The highest BCUT2D eigenvalue weighted by Crippen LogP contribution is 2.33. The van der Waals surface area contributed by atoms with E-state index in [-0.39, 0.29) is 0 Å². The van der Waals surface area contributed by atoms with Crippen LogP contribution >= 0.6 is 11.8 Å². The second kappa shape index (κ2) is 10.8. The second-order valence-corrected chi connectivity index (χ2v) is 10.2. The van der Waals surface area contributed by atoms with E-state index >= 15 is 0 Å². The second-order valence-electron chi connectivity index (χ2n) is 8.52. The molecule has 0 aliphatic heterocycles. The van der Waals surface area contributed by atoms with Gasteiger partial charge < -0.3 is 18.7 Å². The number of carboxylic acids is 1. The lowest BCUT2D eigenvalue weighted by molar-refractivity contribution is -0.138. The summed E-state index contributed by atoms with van der Waals surface area (Å²) in [5, 5.41) is 17.8. The van der Waals surface area contributed by atoms with E-state index in [9.17, 15) is 9.90 Å². The van der Waals surface area contributed by atoms with E-state index in [0.29, 0.717) is 31.4 Å². The molecule has 8 nitrogen and oxygen atoms in total. The number of hydrogen-bond donors (Lipinski definition) is 1. The van der Waals surface area contributed by atoms with Crippen molar-refractivity contribution in [1.82, 2.24) is 15.1 Å². The number of hydrogen-bond acceptors (Lipinski definition) is 8. The summed E-state index contributed by atoms with van der Waals surface area (Å²) in [6.07, 6.45) is 1.65. The first-order chi connectivity index (χ1) is 16.8. The maximum atomic E-state index is 11.4. The Kier molecular flexibility index (Phi) is 7.57. The monoisotopic (exact) mass is 493 g/mol. The van der Waals surface area contributed by atoms with Gasteiger partial charge in [-0.1, -0.05) is 12.1 Å². The van der Waals surface area contributed by atoms with Crippen LogP contribution in [0.4, 0.5) is 0 Å². The number of benzene rings is 2. The topological polar surface area (TPSA) is 102 Å². The van der Waals surface area contributed by atoms with Gasteiger partial charge in [-0.3, -0.25) is 9.69 Å². The molecule has 2 heterocycles. The van der Waals surface area contributed by atoms with E-state index in [4.69, 9.17) is 13.6 Å². The molecule has 0 spiro atoms. The molecule has 0 saturated heterocycles. The van der Waals surface area contributed by atoms with E-state index in [1.807, 2.05) is 60.7 Å². The third-order valence-electron chi connectivity index (χ3n) is 5.34. The fourth-order valence-electron chi connectivity index (χ4n) is 3.41. The number of thioether (sulfide) groups is 1. The third kappa shape index (κ3) is 6.52. The SMILES string of the molecule is COc1ccc(-c2nnc(CN(Cc3ccc(SC(C)(C)C(=O)O)cc3)Cc3ccco3)o2)cc1. The van der Waals surface area contributed by atoms with Gasteiger partial charge in [-0.2, -0.15) is 0 Å². The van der Waals surface area contributed by atoms with Gasteiger partial charge in [0.15, 0.2) is 0 Å². The molecule has 0 saturated carbocycles. The number of carbonyl (C=O) groups is 1. The van der Waals surface area contributed by atoms with Crippen molar-refractivity contribution in [2.75, 3.05) is 7.11 Å². The quantitative estimate of drug-likeness (QED) is 0.271. The van der Waals surface area contributed by atoms with Crippen molar-refractivity contribution >= 4 is 17.7 Å². The summed E-state index contributed by atoms with van der Waals surface area (Å²) in [5.41, 5.74) is 1.89. The highest BCUT2D eigenvalue weighted by molar-refractivity contribution is 8.01. The molecular formula is C26H27N3O5S. The van der Waals surface area contributed by atoms with Gasteiger partial charge in [-0.25, -0.2) is 0 Å². The van der Waals surface area contributed by atoms with Crippen LogP contribution in [0.25, 0.3) is 11.5 Å². The molecule has 0 radical (unpaired) electrons. The molecule has 0 aliphatic rings. The number of ether oxygens (including phenoxy) is 1. The highest BCUT2D eigenvalue weighted by Gasteiger charge is 2.28. The molecule has 2 aromatic carbocycles. The molecule has 4 aromatic rings. The molecule has 35 heavy (non-hydrogen) atoms. The van der Waals surface area contributed by atoms with Crippen molar-refractivity contribution < 1.29 is 23.5 Å². The Bertz CT molecular complexity index is 1240. The minimum Gasteiger partial charge on any atom is -0.497 e. The number of nitrogens with zero attached hydrogens (tertiary/aromatic N) is 3. The van der Waals surface area contributed by atoms with Crippen molar-refractivity contribution in [1.29, 1.82) is 0 Å². The molecule has 9 heteroatoms. The Morgan fingerprint density at radius 1 is 1.03 bits per heavy atom. The number of rotatable bonds is 11.